The van der Waals surface area contributed by atoms with E-state index in [2.05, 4.69) is 29.8 Å². The zero-order chi connectivity index (χ0) is 18.5. The Hall–Kier alpha value is -1.53. The van der Waals surface area contributed by atoms with Crippen molar-refractivity contribution in [1.82, 2.24) is 14.9 Å². The summed E-state index contributed by atoms with van der Waals surface area (Å²) in [5.74, 6) is 1.73. The summed E-state index contributed by atoms with van der Waals surface area (Å²) in [5.41, 5.74) is 2.04. The number of aromatic nitrogens is 2. The molecular weight excluding hydrogens is 346 g/mol. The Morgan fingerprint density at radius 1 is 1.35 bits per heavy atom. The Morgan fingerprint density at radius 2 is 2.15 bits per heavy atom. The zero-order valence-electron chi connectivity index (χ0n) is 15.9. The molecule has 1 aromatic carbocycles. The van der Waals surface area contributed by atoms with Gasteiger partial charge in [0.25, 0.3) is 0 Å². The van der Waals surface area contributed by atoms with Crippen LogP contribution in [0.15, 0.2) is 29.4 Å². The molecule has 3 rings (SSSR count). The SMILES string of the molecule is COCCn1c(SCC(=O)N[C@@H]2CCC[C@@H](C)[C@H]2C)nc2ccccc21. The van der Waals surface area contributed by atoms with Gasteiger partial charge >= 0.3 is 0 Å². The van der Waals surface area contributed by atoms with Gasteiger partial charge in [0.15, 0.2) is 5.16 Å². The molecule has 0 unspecified atom stereocenters. The van der Waals surface area contributed by atoms with Crippen LogP contribution in [-0.2, 0) is 16.1 Å². The second kappa shape index (κ2) is 8.91. The number of nitrogens with one attached hydrogen (secondary N) is 1. The van der Waals surface area contributed by atoms with Crippen LogP contribution in [0.4, 0.5) is 0 Å². The van der Waals surface area contributed by atoms with Crippen molar-refractivity contribution < 1.29 is 9.53 Å². The number of imidazole rings is 1. The maximum atomic E-state index is 12.5. The molecule has 1 fully saturated rings. The number of ether oxygens (including phenoxy) is 1. The van der Waals surface area contributed by atoms with E-state index in [0.29, 0.717) is 30.2 Å². The zero-order valence-corrected chi connectivity index (χ0v) is 16.7. The van der Waals surface area contributed by atoms with Crippen LogP contribution < -0.4 is 5.32 Å². The van der Waals surface area contributed by atoms with Gasteiger partial charge in [-0.05, 0) is 30.4 Å². The number of hydrogen-bond acceptors (Lipinski definition) is 4. The number of hydrogen-bond donors (Lipinski definition) is 1. The van der Waals surface area contributed by atoms with Crippen molar-refractivity contribution in [1.29, 1.82) is 0 Å². The maximum absolute atomic E-state index is 12.5. The molecule has 1 N–H and O–H groups in total. The fraction of sp³-hybridized carbons (Fsp3) is 0.600. The molecule has 0 spiro atoms. The van der Waals surface area contributed by atoms with Gasteiger partial charge < -0.3 is 14.6 Å². The van der Waals surface area contributed by atoms with E-state index < -0.39 is 0 Å². The summed E-state index contributed by atoms with van der Waals surface area (Å²) in [7, 11) is 1.70. The molecule has 1 aromatic heterocycles. The molecule has 142 valence electrons. The molecule has 2 aromatic rings. The van der Waals surface area contributed by atoms with E-state index in [0.717, 1.165) is 29.2 Å². The summed E-state index contributed by atoms with van der Waals surface area (Å²) >= 11 is 1.51. The molecule has 1 heterocycles. The lowest BCUT2D eigenvalue weighted by Gasteiger charge is -2.34. The fourth-order valence-electron chi connectivity index (χ4n) is 3.73. The largest absolute Gasteiger partial charge is 0.383 e. The van der Waals surface area contributed by atoms with Crippen molar-refractivity contribution in [2.45, 2.75) is 50.9 Å². The number of benzene rings is 1. The Bertz CT molecular complexity index is 746. The second-order valence-electron chi connectivity index (χ2n) is 7.26. The summed E-state index contributed by atoms with van der Waals surface area (Å²) in [6.45, 7) is 5.90. The molecule has 5 nitrogen and oxygen atoms in total. The van der Waals surface area contributed by atoms with Gasteiger partial charge in [-0.25, -0.2) is 4.98 Å². The van der Waals surface area contributed by atoms with E-state index in [-0.39, 0.29) is 5.91 Å². The molecule has 0 aliphatic heterocycles. The van der Waals surface area contributed by atoms with Gasteiger partial charge in [-0.15, -0.1) is 0 Å². The van der Waals surface area contributed by atoms with Crippen molar-refractivity contribution in [2.24, 2.45) is 11.8 Å². The van der Waals surface area contributed by atoms with Gasteiger partial charge in [0.05, 0.1) is 23.4 Å². The third-order valence-electron chi connectivity index (χ3n) is 5.52. The smallest absolute Gasteiger partial charge is 0.230 e. The van der Waals surface area contributed by atoms with E-state index in [9.17, 15) is 4.79 Å². The van der Waals surface area contributed by atoms with Gasteiger partial charge in [0.2, 0.25) is 5.91 Å². The van der Waals surface area contributed by atoms with Crippen LogP contribution in [0.25, 0.3) is 11.0 Å². The summed E-state index contributed by atoms with van der Waals surface area (Å²) in [6, 6.07) is 8.38. The van der Waals surface area contributed by atoms with Crippen LogP contribution in [0.3, 0.4) is 0 Å². The van der Waals surface area contributed by atoms with Gasteiger partial charge in [-0.3, -0.25) is 4.79 Å². The lowest BCUT2D eigenvalue weighted by Crippen LogP contribution is -2.44. The molecule has 0 bridgehead atoms. The first-order chi connectivity index (χ1) is 12.6. The van der Waals surface area contributed by atoms with Crippen molar-refractivity contribution in [2.75, 3.05) is 19.5 Å². The predicted molar refractivity (Wildman–Crippen MR) is 106 cm³/mol. The monoisotopic (exact) mass is 375 g/mol. The highest BCUT2D eigenvalue weighted by atomic mass is 32.2. The van der Waals surface area contributed by atoms with Crippen molar-refractivity contribution in [3.8, 4) is 0 Å². The topological polar surface area (TPSA) is 56.1 Å². The number of amides is 1. The van der Waals surface area contributed by atoms with Crippen molar-refractivity contribution in [3.05, 3.63) is 24.3 Å². The van der Waals surface area contributed by atoms with Crippen LogP contribution >= 0.6 is 11.8 Å². The number of carbonyl (C=O) groups is 1. The highest BCUT2D eigenvalue weighted by Gasteiger charge is 2.28. The third kappa shape index (κ3) is 4.41. The van der Waals surface area contributed by atoms with Crippen LogP contribution in [-0.4, -0.2) is 41.0 Å². The summed E-state index contributed by atoms with van der Waals surface area (Å²) in [5, 5.41) is 4.12. The average molecular weight is 376 g/mol. The lowest BCUT2D eigenvalue weighted by atomic mass is 9.78. The average Bonchev–Trinajstić information content (AvgIpc) is 2.99. The third-order valence-corrected chi connectivity index (χ3v) is 6.50. The van der Waals surface area contributed by atoms with Crippen molar-refractivity contribution in [3.63, 3.8) is 0 Å². The molecule has 1 aliphatic carbocycles. The van der Waals surface area contributed by atoms with Crippen LogP contribution in [0.1, 0.15) is 33.1 Å². The van der Waals surface area contributed by atoms with Crippen LogP contribution in [0, 0.1) is 11.8 Å². The minimum atomic E-state index is 0.103. The predicted octanol–water partition coefficient (Wildman–Crippen LogP) is 3.72. The first-order valence-electron chi connectivity index (χ1n) is 9.46. The van der Waals surface area contributed by atoms with E-state index in [1.165, 1.54) is 24.6 Å². The van der Waals surface area contributed by atoms with E-state index in [1.807, 2.05) is 18.2 Å². The van der Waals surface area contributed by atoms with Gasteiger partial charge in [-0.2, -0.15) is 0 Å². The van der Waals surface area contributed by atoms with Gasteiger partial charge in [0, 0.05) is 19.7 Å². The van der Waals surface area contributed by atoms with Gasteiger partial charge in [0.1, 0.15) is 0 Å². The van der Waals surface area contributed by atoms with Crippen LogP contribution in [0.5, 0.6) is 0 Å². The quantitative estimate of drug-likeness (QED) is 0.750. The molecule has 0 saturated heterocycles. The van der Waals surface area contributed by atoms with Crippen LogP contribution in [0.2, 0.25) is 0 Å². The highest BCUT2D eigenvalue weighted by Crippen LogP contribution is 2.30. The number of fused-ring (bicyclic) bond motifs is 1. The molecule has 6 heteroatoms. The minimum absolute atomic E-state index is 0.103. The first kappa shape index (κ1) is 19.2. The summed E-state index contributed by atoms with van der Waals surface area (Å²) in [6.07, 6.45) is 3.57. The first-order valence-corrected chi connectivity index (χ1v) is 10.4. The number of thioether (sulfide) groups is 1. The number of carbonyl (C=O) groups excluding carboxylic acids is 1. The number of rotatable bonds is 7. The summed E-state index contributed by atoms with van der Waals surface area (Å²) in [4.78, 5) is 17.2. The van der Waals surface area contributed by atoms with Crippen molar-refractivity contribution >= 4 is 28.7 Å². The molecule has 26 heavy (non-hydrogen) atoms. The standard InChI is InChI=1S/C20H29N3O2S/c1-14-7-6-9-16(15(14)2)21-19(24)13-26-20-22-17-8-4-5-10-18(17)23(20)11-12-25-3/h4-5,8,10,14-16H,6-7,9,11-13H2,1-3H3,(H,21,24)/t14-,15-,16-/m1/s1. The fourth-order valence-corrected chi connectivity index (χ4v) is 4.58. The van der Waals surface area contributed by atoms with Gasteiger partial charge in [-0.1, -0.05) is 50.6 Å². The molecule has 1 saturated carbocycles. The molecule has 3 atom stereocenters. The Balaban J connectivity index is 1.64. The number of nitrogens with zero attached hydrogens (tertiary/aromatic N) is 2. The Kier molecular flexibility index (Phi) is 6.59. The number of para-hydroxylation sites is 2. The molecule has 1 amide bonds. The number of methoxy groups -OCH3 is 1. The molecule has 1 aliphatic rings. The molecule has 0 radical (unpaired) electrons. The normalized spacial score (nSPS) is 23.3. The Morgan fingerprint density at radius 3 is 2.96 bits per heavy atom. The van der Waals surface area contributed by atoms with E-state index in [1.54, 1.807) is 7.11 Å². The van der Waals surface area contributed by atoms with E-state index in [4.69, 9.17) is 9.72 Å². The lowest BCUT2D eigenvalue weighted by molar-refractivity contribution is -0.120. The maximum Gasteiger partial charge on any atom is 0.230 e. The Labute approximate surface area is 159 Å². The second-order valence-corrected chi connectivity index (χ2v) is 8.20. The molecular formula is C20H29N3O2S. The summed E-state index contributed by atoms with van der Waals surface area (Å²) < 4.78 is 7.37. The highest BCUT2D eigenvalue weighted by molar-refractivity contribution is 7.99. The van der Waals surface area contributed by atoms with E-state index >= 15 is 0 Å². The minimum Gasteiger partial charge on any atom is -0.383 e.